The second kappa shape index (κ2) is 15.3. The molecule has 0 unspecified atom stereocenters. The maximum Gasteiger partial charge on any atom is 3.00 e. The molecule has 9 rings (SSSR count). The first kappa shape index (κ1) is 35.8. The van der Waals surface area contributed by atoms with E-state index in [4.69, 9.17) is 24.9 Å². The molecule has 8 heteroatoms. The molecule has 0 N–H and O–H groups in total. The van der Waals surface area contributed by atoms with E-state index in [2.05, 4.69) is 170 Å². The van der Waals surface area contributed by atoms with Crippen molar-refractivity contribution in [1.82, 2.24) is 24.9 Å². The van der Waals surface area contributed by atoms with Crippen LogP contribution in [-0.2, 0) is 36.6 Å². The first-order chi connectivity index (χ1) is 26.6. The number of hydrogen-bond acceptors (Lipinski definition) is 3. The van der Waals surface area contributed by atoms with Crippen LogP contribution in [0.25, 0.3) is 91.0 Å². The zero-order chi connectivity index (χ0) is 36.6. The third-order valence-corrected chi connectivity index (χ3v) is 10.1. The minimum atomic E-state index is 0. The average molecular weight is 757 g/mol. The van der Waals surface area contributed by atoms with Crippen molar-refractivity contribution in [3.8, 4) is 44.6 Å². The monoisotopic (exact) mass is 756 g/mol. The maximum absolute atomic E-state index is 5.41. The predicted octanol–water partition coefficient (Wildman–Crippen LogP) is 9.15. The van der Waals surface area contributed by atoms with Crippen molar-refractivity contribution in [1.29, 1.82) is 0 Å². The van der Waals surface area contributed by atoms with Gasteiger partial charge < -0.3 is 9.97 Å². The van der Waals surface area contributed by atoms with Gasteiger partial charge in [-0.3, -0.25) is 4.98 Å². The van der Waals surface area contributed by atoms with Crippen LogP contribution >= 0.6 is 0 Å². The molecule has 0 spiro atoms. The molecule has 266 valence electrons. The van der Waals surface area contributed by atoms with E-state index < -0.39 is 0 Å². The van der Waals surface area contributed by atoms with E-state index in [1.165, 1.54) is 0 Å². The predicted molar refractivity (Wildman–Crippen MR) is 217 cm³/mol. The van der Waals surface area contributed by atoms with E-state index in [0.29, 0.717) is 0 Å². The first-order valence-electron chi connectivity index (χ1n) is 18.7. The molecule has 8 heterocycles. The molecule has 6 aromatic heterocycles. The number of rotatable bonds is 7. The Labute approximate surface area is 331 Å². The molecular weight excluding hydrogens is 718 g/mol. The van der Waals surface area contributed by atoms with Crippen LogP contribution in [0.2, 0.25) is 0 Å². The summed E-state index contributed by atoms with van der Waals surface area (Å²) in [5.41, 5.74) is 15.4. The molecule has 0 saturated heterocycles. The summed E-state index contributed by atoms with van der Waals surface area (Å²) >= 11 is 0. The molecule has 2 aliphatic heterocycles. The Bertz CT molecular complexity index is 2750. The van der Waals surface area contributed by atoms with Gasteiger partial charge in [-0.05, 0) is 91.1 Å². The van der Waals surface area contributed by atoms with Gasteiger partial charge in [-0.2, -0.15) is 0 Å². The fourth-order valence-corrected chi connectivity index (χ4v) is 7.39. The van der Waals surface area contributed by atoms with Gasteiger partial charge in [0.05, 0.1) is 28.5 Å². The molecule has 2 aliphatic rings. The Morgan fingerprint density at radius 2 is 0.909 bits per heavy atom. The van der Waals surface area contributed by atoms with Crippen molar-refractivity contribution in [2.24, 2.45) is 0 Å². The van der Waals surface area contributed by atoms with Crippen LogP contribution < -0.4 is 19.1 Å². The number of nitrogens with zero attached hydrogens (tertiary/aromatic N) is 7. The van der Waals surface area contributed by atoms with E-state index in [1.54, 1.807) is 0 Å². The van der Waals surface area contributed by atoms with Crippen molar-refractivity contribution in [3.05, 3.63) is 150 Å². The summed E-state index contributed by atoms with van der Waals surface area (Å²) in [5, 5.41) is 0. The van der Waals surface area contributed by atoms with Crippen LogP contribution in [0.15, 0.2) is 122 Å². The van der Waals surface area contributed by atoms with Crippen molar-refractivity contribution in [2.75, 3.05) is 0 Å². The van der Waals surface area contributed by atoms with Gasteiger partial charge in [-0.25, -0.2) is 19.1 Å². The summed E-state index contributed by atoms with van der Waals surface area (Å²) in [6.45, 7) is 8.12. The summed E-state index contributed by atoms with van der Waals surface area (Å²) in [5.74, 6) is 0. The zero-order valence-electron chi connectivity index (χ0n) is 31.0. The molecule has 0 aliphatic carbocycles. The Balaban J connectivity index is 0.00000427. The van der Waals surface area contributed by atoms with E-state index in [1.807, 2.05) is 6.07 Å². The van der Waals surface area contributed by atoms with Crippen molar-refractivity contribution in [2.45, 2.75) is 40.3 Å². The smallest absolute Gasteiger partial charge is 0.657 e. The molecule has 55 heavy (non-hydrogen) atoms. The number of benzene rings is 1. The Kier molecular flexibility index (Phi) is 9.94. The van der Waals surface area contributed by atoms with Gasteiger partial charge in [0.2, 0.25) is 0 Å². The van der Waals surface area contributed by atoms with E-state index >= 15 is 0 Å². The Morgan fingerprint density at radius 3 is 1.40 bits per heavy atom. The second-order valence-corrected chi connectivity index (χ2v) is 13.4. The third-order valence-electron chi connectivity index (χ3n) is 10.1. The van der Waals surface area contributed by atoms with Crippen LogP contribution in [0.4, 0.5) is 0 Å². The van der Waals surface area contributed by atoms with Crippen LogP contribution in [0.5, 0.6) is 0 Å². The van der Waals surface area contributed by atoms with Crippen LogP contribution in [0, 0.1) is 0 Å². The number of aromatic nitrogens is 7. The van der Waals surface area contributed by atoms with E-state index in [9.17, 15) is 0 Å². The largest absolute Gasteiger partial charge is 3.00 e. The van der Waals surface area contributed by atoms with Gasteiger partial charge in [-0.1, -0.05) is 67.6 Å². The fourth-order valence-electron chi connectivity index (χ4n) is 7.39. The minimum Gasteiger partial charge on any atom is -0.657 e. The van der Waals surface area contributed by atoms with E-state index in [0.717, 1.165) is 115 Å². The van der Waals surface area contributed by atoms with Gasteiger partial charge >= 0.3 is 17.1 Å². The Morgan fingerprint density at radius 1 is 0.455 bits per heavy atom. The third kappa shape index (κ3) is 6.76. The normalized spacial score (nSPS) is 11.8. The standard InChI is InChI=1S/C47H39N7.Mn/c1-4-34-17-10-18-35(48-34)47-42-25-23-37(51-42)44(31-13-8-7-9-14-31)36-19-20-38(49-36)45(32-15-11-27-53(5-2)29-32)39-21-22-40(50-39)46(41-24-26-43(47)52-41)33-16-12-28-54(6-3)30-33;/h7-30H,4-6H2,1-3H3;/q;+3. The summed E-state index contributed by atoms with van der Waals surface area (Å²) in [7, 11) is 0. The zero-order valence-corrected chi connectivity index (χ0v) is 32.2. The van der Waals surface area contributed by atoms with Crippen molar-refractivity contribution < 1.29 is 26.2 Å². The number of aryl methyl sites for hydroxylation is 3. The Hall–Kier alpha value is -6.21. The second-order valence-electron chi connectivity index (χ2n) is 13.4. The summed E-state index contributed by atoms with van der Waals surface area (Å²) < 4.78 is 4.37. The number of fused-ring (bicyclic) bond motifs is 8. The van der Waals surface area contributed by atoms with Gasteiger partial charge in [0.15, 0.2) is 24.8 Å². The van der Waals surface area contributed by atoms with Crippen LogP contribution in [0.1, 0.15) is 49.2 Å². The molecule has 0 fully saturated rings. The maximum atomic E-state index is 5.41. The molecule has 0 saturated carbocycles. The topological polar surface area (TPSA) is 74.6 Å². The van der Waals surface area contributed by atoms with Crippen molar-refractivity contribution in [3.63, 3.8) is 0 Å². The first-order valence-corrected chi connectivity index (χ1v) is 18.7. The molecule has 8 bridgehead atoms. The molecule has 0 radical (unpaired) electrons. The number of hydrogen-bond donors (Lipinski definition) is 0. The fraction of sp³-hybridized carbons (Fsp3) is 0.128. The van der Waals surface area contributed by atoms with Crippen LogP contribution in [0.3, 0.4) is 0 Å². The summed E-state index contributed by atoms with van der Waals surface area (Å²) in [6.07, 6.45) is 17.8. The van der Waals surface area contributed by atoms with E-state index in [-0.39, 0.29) is 17.1 Å². The molecule has 1 aromatic carbocycles. The van der Waals surface area contributed by atoms with Gasteiger partial charge in [0.25, 0.3) is 0 Å². The van der Waals surface area contributed by atoms with Gasteiger partial charge in [-0.15, -0.1) is 22.1 Å². The molecule has 7 aromatic rings. The summed E-state index contributed by atoms with van der Waals surface area (Å²) in [4.78, 5) is 26.6. The molecule has 0 atom stereocenters. The molecule has 7 nitrogen and oxygen atoms in total. The summed E-state index contributed by atoms with van der Waals surface area (Å²) in [6, 6.07) is 33.5. The average Bonchev–Trinajstić information content (AvgIpc) is 4.07. The van der Waals surface area contributed by atoms with Crippen molar-refractivity contribution >= 4 is 46.4 Å². The van der Waals surface area contributed by atoms with Gasteiger partial charge in [0, 0.05) is 34.5 Å². The number of pyridine rings is 3. The molecular formula is C47H39MnN7+3. The SMILES string of the molecule is CCc1cccc(-c2c3nc(c(-c4ccc[n+](CC)c4)c4ccc([n-]4)c(-c4ccc[n+](CC)c4)c4nc(c(-c5ccccc5)c5ccc2[n-]5)C=C4)C=C3)n1.[Mn+3]. The van der Waals surface area contributed by atoms with Crippen LogP contribution in [-0.4, -0.2) is 15.0 Å². The van der Waals surface area contributed by atoms with Gasteiger partial charge in [0.1, 0.15) is 13.1 Å². The quantitative estimate of drug-likeness (QED) is 0.120. The molecule has 0 amide bonds. The minimum absolute atomic E-state index is 0.